The average molecular weight is 330 g/mol. The lowest BCUT2D eigenvalue weighted by Crippen LogP contribution is -2.10. The van der Waals surface area contributed by atoms with Gasteiger partial charge >= 0.3 is 5.97 Å². The van der Waals surface area contributed by atoms with Crippen molar-refractivity contribution < 1.29 is 9.53 Å². The van der Waals surface area contributed by atoms with Crippen molar-refractivity contribution in [2.24, 2.45) is 0 Å². The number of thiazole rings is 1. The number of carbonyl (C=O) groups excluding carboxylic acids is 1. The van der Waals surface area contributed by atoms with Gasteiger partial charge in [0, 0.05) is 12.4 Å². The van der Waals surface area contributed by atoms with E-state index >= 15 is 0 Å². The number of hydrogen-bond acceptors (Lipinski definition) is 6. The Hall–Kier alpha value is -2.28. The van der Waals surface area contributed by atoms with E-state index in [0.29, 0.717) is 16.9 Å². The number of carbonyl (C=O) groups is 1. The molecule has 0 aliphatic rings. The van der Waals surface area contributed by atoms with E-state index in [2.05, 4.69) is 22.0 Å². The van der Waals surface area contributed by atoms with E-state index in [1.165, 1.54) is 0 Å². The van der Waals surface area contributed by atoms with Crippen LogP contribution in [-0.2, 0) is 11.2 Å². The summed E-state index contributed by atoms with van der Waals surface area (Å²) in [7, 11) is 0. The molecule has 120 valence electrons. The van der Waals surface area contributed by atoms with Gasteiger partial charge in [-0.2, -0.15) is 5.10 Å². The summed E-state index contributed by atoms with van der Waals surface area (Å²) in [6, 6.07) is 1.77. The van der Waals surface area contributed by atoms with E-state index in [-0.39, 0.29) is 6.10 Å². The molecule has 0 unspecified atom stereocenters. The van der Waals surface area contributed by atoms with Crippen molar-refractivity contribution in [3.8, 4) is 0 Å². The van der Waals surface area contributed by atoms with Crippen LogP contribution >= 0.6 is 11.3 Å². The van der Waals surface area contributed by atoms with Gasteiger partial charge in [-0.3, -0.25) is 0 Å². The van der Waals surface area contributed by atoms with Crippen molar-refractivity contribution in [1.82, 2.24) is 19.6 Å². The standard InChI is InChI=1S/C16H18N4O2S/c1-5-12-18-10(3)14(23-12)11(4)22-16(21)13-9(2)19-20-8-6-7-17-15(13)20/h6-8,11H,5H2,1-4H3/t11-/m1/s1. The molecule has 3 heterocycles. The highest BCUT2D eigenvalue weighted by Crippen LogP contribution is 2.29. The summed E-state index contributed by atoms with van der Waals surface area (Å²) < 4.78 is 7.23. The number of aryl methyl sites for hydroxylation is 3. The number of fused-ring (bicyclic) bond motifs is 1. The molecule has 0 saturated heterocycles. The third-order valence-electron chi connectivity index (χ3n) is 3.61. The van der Waals surface area contributed by atoms with Crippen LogP contribution in [-0.4, -0.2) is 25.6 Å². The quantitative estimate of drug-likeness (QED) is 0.687. The Labute approximate surface area is 138 Å². The SMILES string of the molecule is CCc1nc(C)c([C@@H](C)OC(=O)c2c(C)nn3cccnc23)s1. The van der Waals surface area contributed by atoms with E-state index in [1.807, 2.05) is 13.8 Å². The monoisotopic (exact) mass is 330 g/mol. The van der Waals surface area contributed by atoms with Crippen LogP contribution in [0.5, 0.6) is 0 Å². The second kappa shape index (κ2) is 6.08. The predicted molar refractivity (Wildman–Crippen MR) is 87.8 cm³/mol. The summed E-state index contributed by atoms with van der Waals surface area (Å²) in [4.78, 5) is 22.3. The average Bonchev–Trinajstić information content (AvgIpc) is 3.06. The molecule has 0 aromatic carbocycles. The van der Waals surface area contributed by atoms with Gasteiger partial charge in [0.25, 0.3) is 0 Å². The minimum atomic E-state index is -0.408. The molecule has 7 heteroatoms. The number of hydrogen-bond donors (Lipinski definition) is 0. The van der Waals surface area contributed by atoms with Gasteiger partial charge in [-0.05, 0) is 33.3 Å². The lowest BCUT2D eigenvalue weighted by Gasteiger charge is -2.11. The first-order valence-corrected chi connectivity index (χ1v) is 8.30. The van der Waals surface area contributed by atoms with Crippen molar-refractivity contribution in [2.75, 3.05) is 0 Å². The minimum absolute atomic E-state index is 0.349. The van der Waals surface area contributed by atoms with Gasteiger partial charge in [-0.1, -0.05) is 6.92 Å². The van der Waals surface area contributed by atoms with E-state index in [0.717, 1.165) is 22.0 Å². The lowest BCUT2D eigenvalue weighted by molar-refractivity contribution is 0.0345. The smallest absolute Gasteiger partial charge is 0.344 e. The predicted octanol–water partition coefficient (Wildman–Crippen LogP) is 3.28. The summed E-state index contributed by atoms with van der Waals surface area (Å²) in [6.45, 7) is 7.65. The van der Waals surface area contributed by atoms with E-state index in [1.54, 1.807) is 41.2 Å². The van der Waals surface area contributed by atoms with Crippen molar-refractivity contribution >= 4 is 23.0 Å². The molecule has 0 saturated carbocycles. The molecule has 0 bridgehead atoms. The second-order valence-corrected chi connectivity index (χ2v) is 6.42. The zero-order valence-corrected chi connectivity index (χ0v) is 14.3. The van der Waals surface area contributed by atoms with Crippen molar-refractivity contribution in [3.05, 3.63) is 45.3 Å². The number of ether oxygens (including phenoxy) is 1. The number of aromatic nitrogens is 4. The first-order chi connectivity index (χ1) is 11.0. The summed E-state index contributed by atoms with van der Waals surface area (Å²) in [5.74, 6) is -0.408. The summed E-state index contributed by atoms with van der Waals surface area (Å²) >= 11 is 1.59. The number of rotatable bonds is 4. The van der Waals surface area contributed by atoms with Crippen LogP contribution < -0.4 is 0 Å². The fraction of sp³-hybridized carbons (Fsp3) is 0.375. The molecule has 1 atom stereocenters. The molecule has 0 aliphatic carbocycles. The highest BCUT2D eigenvalue weighted by Gasteiger charge is 2.24. The van der Waals surface area contributed by atoms with Crippen LogP contribution in [0.2, 0.25) is 0 Å². The molecule has 0 aliphatic heterocycles. The van der Waals surface area contributed by atoms with Crippen LogP contribution in [0, 0.1) is 13.8 Å². The zero-order chi connectivity index (χ0) is 16.6. The number of nitrogens with zero attached hydrogens (tertiary/aromatic N) is 4. The maximum Gasteiger partial charge on any atom is 0.344 e. The van der Waals surface area contributed by atoms with Gasteiger partial charge in [0.1, 0.15) is 11.7 Å². The van der Waals surface area contributed by atoms with Gasteiger partial charge in [0.15, 0.2) is 5.65 Å². The highest BCUT2D eigenvalue weighted by molar-refractivity contribution is 7.11. The third-order valence-corrected chi connectivity index (χ3v) is 5.07. The van der Waals surface area contributed by atoms with Crippen LogP contribution in [0.15, 0.2) is 18.5 Å². The van der Waals surface area contributed by atoms with Crippen molar-refractivity contribution in [2.45, 2.75) is 40.2 Å². The molecule has 23 heavy (non-hydrogen) atoms. The zero-order valence-electron chi connectivity index (χ0n) is 13.5. The largest absolute Gasteiger partial charge is 0.453 e. The topological polar surface area (TPSA) is 69.4 Å². The molecular weight excluding hydrogens is 312 g/mol. The van der Waals surface area contributed by atoms with Crippen molar-refractivity contribution in [1.29, 1.82) is 0 Å². The van der Waals surface area contributed by atoms with Gasteiger partial charge in [-0.15, -0.1) is 11.3 Å². The van der Waals surface area contributed by atoms with E-state index in [4.69, 9.17) is 4.74 Å². The van der Waals surface area contributed by atoms with Gasteiger partial charge < -0.3 is 4.74 Å². The third kappa shape index (κ3) is 2.84. The molecule has 6 nitrogen and oxygen atoms in total. The van der Waals surface area contributed by atoms with Crippen molar-refractivity contribution in [3.63, 3.8) is 0 Å². The van der Waals surface area contributed by atoms with Gasteiger partial charge in [0.05, 0.1) is 21.3 Å². The molecule has 3 rings (SSSR count). The molecule has 3 aromatic rings. The van der Waals surface area contributed by atoms with Gasteiger partial charge in [-0.25, -0.2) is 19.3 Å². The fourth-order valence-corrected chi connectivity index (χ4v) is 3.49. The molecule has 0 spiro atoms. The van der Waals surface area contributed by atoms with E-state index in [9.17, 15) is 4.79 Å². The fourth-order valence-electron chi connectivity index (χ4n) is 2.50. The van der Waals surface area contributed by atoms with Crippen LogP contribution in [0.25, 0.3) is 5.65 Å². The minimum Gasteiger partial charge on any atom is -0.453 e. The maximum atomic E-state index is 12.6. The maximum absolute atomic E-state index is 12.6. The first kappa shape index (κ1) is 15.6. The Morgan fingerprint density at radius 3 is 2.87 bits per heavy atom. The Morgan fingerprint density at radius 2 is 2.17 bits per heavy atom. The van der Waals surface area contributed by atoms with Crippen LogP contribution in [0.4, 0.5) is 0 Å². The lowest BCUT2D eigenvalue weighted by atomic mass is 10.2. The van der Waals surface area contributed by atoms with Gasteiger partial charge in [0.2, 0.25) is 0 Å². The molecule has 0 radical (unpaired) electrons. The Balaban J connectivity index is 1.88. The normalized spacial score (nSPS) is 12.5. The Bertz CT molecular complexity index is 868. The van der Waals surface area contributed by atoms with Crippen LogP contribution in [0.3, 0.4) is 0 Å². The molecule has 0 fully saturated rings. The summed E-state index contributed by atoms with van der Waals surface area (Å²) in [6.07, 6.45) is 3.93. The summed E-state index contributed by atoms with van der Waals surface area (Å²) in [5, 5.41) is 5.34. The molecule has 0 N–H and O–H groups in total. The Kier molecular flexibility index (Phi) is 4.12. The first-order valence-electron chi connectivity index (χ1n) is 7.48. The van der Waals surface area contributed by atoms with Crippen LogP contribution in [0.1, 0.15) is 51.6 Å². The summed E-state index contributed by atoms with van der Waals surface area (Å²) in [5.41, 5.74) is 2.45. The second-order valence-electron chi connectivity index (χ2n) is 5.31. The molecule has 3 aromatic heterocycles. The number of esters is 1. The molecule has 0 amide bonds. The van der Waals surface area contributed by atoms with E-state index < -0.39 is 5.97 Å². The Morgan fingerprint density at radius 1 is 1.39 bits per heavy atom. The molecular formula is C16H18N4O2S. The highest BCUT2D eigenvalue weighted by atomic mass is 32.1.